The zero-order valence-corrected chi connectivity index (χ0v) is 10.0. The molecular weight excluding hydrogens is 227 g/mol. The Kier molecular flexibility index (Phi) is 2.88. The van der Waals surface area contributed by atoms with Crippen molar-refractivity contribution in [3.05, 3.63) is 71.0 Å². The van der Waals surface area contributed by atoms with Crippen molar-refractivity contribution in [2.75, 3.05) is 0 Å². The van der Waals surface area contributed by atoms with Crippen molar-refractivity contribution < 1.29 is 9.50 Å². The number of hydrogen-bond donors (Lipinski definition) is 1. The first-order valence-corrected chi connectivity index (χ1v) is 6.27. The van der Waals surface area contributed by atoms with Crippen molar-refractivity contribution in [3.8, 4) is 0 Å². The standard InChI is InChI=1S/C16H15FO/c17-13-8-5-12(6-9-13)16(18)15-10-7-11-3-1-2-4-14(11)15/h1-6,8-9,15-16,18H,7,10H2. The van der Waals surface area contributed by atoms with E-state index < -0.39 is 6.10 Å². The maximum absolute atomic E-state index is 12.9. The molecule has 0 aliphatic heterocycles. The van der Waals surface area contributed by atoms with Crippen LogP contribution in [0.2, 0.25) is 0 Å². The lowest BCUT2D eigenvalue weighted by molar-refractivity contribution is 0.145. The van der Waals surface area contributed by atoms with E-state index in [-0.39, 0.29) is 11.7 Å². The highest BCUT2D eigenvalue weighted by molar-refractivity contribution is 5.37. The summed E-state index contributed by atoms with van der Waals surface area (Å²) in [5, 5.41) is 10.4. The van der Waals surface area contributed by atoms with Crippen LogP contribution in [0.3, 0.4) is 0 Å². The molecule has 0 radical (unpaired) electrons. The van der Waals surface area contributed by atoms with Gasteiger partial charge in [0.25, 0.3) is 0 Å². The topological polar surface area (TPSA) is 20.2 Å². The van der Waals surface area contributed by atoms with Crippen LogP contribution in [-0.2, 0) is 6.42 Å². The Morgan fingerprint density at radius 2 is 1.78 bits per heavy atom. The molecule has 0 amide bonds. The lowest BCUT2D eigenvalue weighted by atomic mass is 9.91. The minimum Gasteiger partial charge on any atom is -0.388 e. The second-order valence-corrected chi connectivity index (χ2v) is 4.84. The van der Waals surface area contributed by atoms with Gasteiger partial charge in [0.1, 0.15) is 5.82 Å². The monoisotopic (exact) mass is 242 g/mol. The zero-order chi connectivity index (χ0) is 12.5. The zero-order valence-electron chi connectivity index (χ0n) is 10.0. The number of aliphatic hydroxyl groups is 1. The van der Waals surface area contributed by atoms with Gasteiger partial charge in [-0.1, -0.05) is 36.4 Å². The molecule has 1 N–H and O–H groups in total. The predicted octanol–water partition coefficient (Wildman–Crippen LogP) is 3.59. The van der Waals surface area contributed by atoms with E-state index in [2.05, 4.69) is 12.1 Å². The van der Waals surface area contributed by atoms with Crippen molar-refractivity contribution in [2.45, 2.75) is 24.9 Å². The highest BCUT2D eigenvalue weighted by Crippen LogP contribution is 2.41. The summed E-state index contributed by atoms with van der Waals surface area (Å²) < 4.78 is 12.9. The molecule has 0 bridgehead atoms. The van der Waals surface area contributed by atoms with Crippen LogP contribution in [-0.4, -0.2) is 5.11 Å². The summed E-state index contributed by atoms with van der Waals surface area (Å²) in [6, 6.07) is 14.4. The third-order valence-corrected chi connectivity index (χ3v) is 3.77. The first-order valence-electron chi connectivity index (χ1n) is 6.27. The maximum Gasteiger partial charge on any atom is 0.123 e. The van der Waals surface area contributed by atoms with E-state index in [1.54, 1.807) is 12.1 Å². The SMILES string of the molecule is OC(c1ccc(F)cc1)C1CCc2ccccc21. The number of fused-ring (bicyclic) bond motifs is 1. The second-order valence-electron chi connectivity index (χ2n) is 4.84. The molecule has 0 saturated heterocycles. The molecular formula is C16H15FO. The van der Waals surface area contributed by atoms with E-state index in [9.17, 15) is 9.50 Å². The molecule has 0 aromatic heterocycles. The molecule has 2 aromatic rings. The Morgan fingerprint density at radius 1 is 1.06 bits per heavy atom. The molecule has 1 aliphatic carbocycles. The second kappa shape index (κ2) is 4.54. The van der Waals surface area contributed by atoms with Crippen LogP contribution >= 0.6 is 0 Å². The van der Waals surface area contributed by atoms with E-state index in [0.29, 0.717) is 0 Å². The van der Waals surface area contributed by atoms with Crippen LogP contribution in [0.4, 0.5) is 4.39 Å². The van der Waals surface area contributed by atoms with Crippen LogP contribution in [0.1, 0.15) is 35.1 Å². The Balaban J connectivity index is 1.90. The average molecular weight is 242 g/mol. The molecule has 92 valence electrons. The van der Waals surface area contributed by atoms with E-state index in [1.165, 1.54) is 23.3 Å². The number of rotatable bonds is 2. The van der Waals surface area contributed by atoms with Gasteiger partial charge in [0.05, 0.1) is 6.10 Å². The van der Waals surface area contributed by atoms with E-state index >= 15 is 0 Å². The van der Waals surface area contributed by atoms with E-state index in [1.807, 2.05) is 12.1 Å². The quantitative estimate of drug-likeness (QED) is 0.853. The molecule has 1 nitrogen and oxygen atoms in total. The molecule has 2 heteroatoms. The number of hydrogen-bond acceptors (Lipinski definition) is 1. The highest BCUT2D eigenvalue weighted by Gasteiger charge is 2.29. The molecule has 2 aromatic carbocycles. The molecule has 3 rings (SSSR count). The van der Waals surface area contributed by atoms with Gasteiger partial charge in [-0.3, -0.25) is 0 Å². The summed E-state index contributed by atoms with van der Waals surface area (Å²) in [6.07, 6.45) is 1.42. The molecule has 0 fully saturated rings. The average Bonchev–Trinajstić information content (AvgIpc) is 2.82. The minimum absolute atomic E-state index is 0.131. The fourth-order valence-corrected chi connectivity index (χ4v) is 2.81. The maximum atomic E-state index is 12.9. The Morgan fingerprint density at radius 3 is 2.56 bits per heavy atom. The van der Waals surface area contributed by atoms with Crippen molar-refractivity contribution in [1.29, 1.82) is 0 Å². The predicted molar refractivity (Wildman–Crippen MR) is 68.9 cm³/mol. The van der Waals surface area contributed by atoms with Gasteiger partial charge in [0.15, 0.2) is 0 Å². The first kappa shape index (κ1) is 11.4. The summed E-state index contributed by atoms with van der Waals surface area (Å²) in [5.41, 5.74) is 3.34. The number of aryl methyl sites for hydroxylation is 1. The van der Waals surface area contributed by atoms with Gasteiger partial charge in [-0.25, -0.2) is 4.39 Å². The summed E-state index contributed by atoms with van der Waals surface area (Å²) in [6.45, 7) is 0. The first-order chi connectivity index (χ1) is 8.75. The van der Waals surface area contributed by atoms with Crippen molar-refractivity contribution in [2.24, 2.45) is 0 Å². The molecule has 2 unspecified atom stereocenters. The van der Waals surface area contributed by atoms with E-state index in [4.69, 9.17) is 0 Å². The number of benzene rings is 2. The van der Waals surface area contributed by atoms with Crippen LogP contribution in [0.5, 0.6) is 0 Å². The molecule has 0 spiro atoms. The third-order valence-electron chi connectivity index (χ3n) is 3.77. The number of aliphatic hydroxyl groups excluding tert-OH is 1. The number of halogens is 1. The van der Waals surface area contributed by atoms with Crippen LogP contribution in [0.15, 0.2) is 48.5 Å². The van der Waals surface area contributed by atoms with Gasteiger partial charge >= 0.3 is 0 Å². The smallest absolute Gasteiger partial charge is 0.123 e. The molecule has 2 atom stereocenters. The largest absolute Gasteiger partial charge is 0.388 e. The lowest BCUT2D eigenvalue weighted by Gasteiger charge is -2.19. The van der Waals surface area contributed by atoms with Gasteiger partial charge in [-0.15, -0.1) is 0 Å². The minimum atomic E-state index is -0.547. The Bertz CT molecular complexity index is 547. The molecule has 0 heterocycles. The van der Waals surface area contributed by atoms with Crippen molar-refractivity contribution in [3.63, 3.8) is 0 Å². The summed E-state index contributed by atoms with van der Waals surface area (Å²) in [5.74, 6) is -0.135. The van der Waals surface area contributed by atoms with Crippen LogP contribution in [0, 0.1) is 5.82 Å². The fraction of sp³-hybridized carbons (Fsp3) is 0.250. The van der Waals surface area contributed by atoms with E-state index in [0.717, 1.165) is 18.4 Å². The van der Waals surface area contributed by atoms with Gasteiger partial charge < -0.3 is 5.11 Å². The Labute approximate surface area is 106 Å². The van der Waals surface area contributed by atoms with Crippen molar-refractivity contribution in [1.82, 2.24) is 0 Å². The van der Waals surface area contributed by atoms with Crippen molar-refractivity contribution >= 4 is 0 Å². The van der Waals surface area contributed by atoms with Gasteiger partial charge in [-0.2, -0.15) is 0 Å². The molecule has 1 aliphatic rings. The molecule has 0 saturated carbocycles. The van der Waals surface area contributed by atoms with Crippen LogP contribution < -0.4 is 0 Å². The van der Waals surface area contributed by atoms with Gasteiger partial charge in [0.2, 0.25) is 0 Å². The fourth-order valence-electron chi connectivity index (χ4n) is 2.81. The van der Waals surface area contributed by atoms with Gasteiger partial charge in [0, 0.05) is 5.92 Å². The highest BCUT2D eigenvalue weighted by atomic mass is 19.1. The summed E-state index contributed by atoms with van der Waals surface area (Å²) >= 11 is 0. The summed E-state index contributed by atoms with van der Waals surface area (Å²) in [4.78, 5) is 0. The Hall–Kier alpha value is -1.67. The van der Waals surface area contributed by atoms with Crippen LogP contribution in [0.25, 0.3) is 0 Å². The van der Waals surface area contributed by atoms with Gasteiger partial charge in [-0.05, 0) is 41.7 Å². The summed E-state index contributed by atoms with van der Waals surface area (Å²) in [7, 11) is 0. The lowest BCUT2D eigenvalue weighted by Crippen LogP contribution is -2.08. The normalized spacial score (nSPS) is 19.6. The third kappa shape index (κ3) is 1.93. The molecule has 18 heavy (non-hydrogen) atoms.